The Balaban J connectivity index is 1.34. The maximum atomic E-state index is 12.9. The molecule has 0 aliphatic carbocycles. The molecule has 2 saturated heterocycles. The van der Waals surface area contributed by atoms with Gasteiger partial charge >= 0.3 is 0 Å². The standard InChI is InChI=1S/C26H25N3O3/c30-17-23-26(20-11-9-19(10-12-20)18-6-2-1-3-7-18)22-15-28(16-25(32)29(22)23)24(31)14-21-8-4-5-13-27-21/h1-13,22-23,26,30H,14-17H2/t22-,23+,26-/m1/s1. The van der Waals surface area contributed by atoms with E-state index in [1.807, 2.05) is 36.4 Å². The van der Waals surface area contributed by atoms with Gasteiger partial charge in [-0.15, -0.1) is 0 Å². The Morgan fingerprint density at radius 3 is 2.38 bits per heavy atom. The lowest BCUT2D eigenvalue weighted by molar-refractivity contribution is -0.166. The Morgan fingerprint density at radius 2 is 1.69 bits per heavy atom. The third kappa shape index (κ3) is 3.67. The van der Waals surface area contributed by atoms with Gasteiger partial charge in [-0.2, -0.15) is 0 Å². The number of fused-ring (bicyclic) bond motifs is 1. The fourth-order valence-electron chi connectivity index (χ4n) is 4.99. The van der Waals surface area contributed by atoms with Crippen LogP contribution < -0.4 is 0 Å². The van der Waals surface area contributed by atoms with Crippen LogP contribution in [0.4, 0.5) is 0 Å². The van der Waals surface area contributed by atoms with Gasteiger partial charge in [0.15, 0.2) is 0 Å². The molecule has 2 aliphatic rings. The van der Waals surface area contributed by atoms with E-state index in [2.05, 4.69) is 41.4 Å². The molecular formula is C26H25N3O3. The summed E-state index contributed by atoms with van der Waals surface area (Å²) in [5, 5.41) is 9.99. The van der Waals surface area contributed by atoms with Crippen molar-refractivity contribution in [2.75, 3.05) is 19.7 Å². The van der Waals surface area contributed by atoms with E-state index in [0.29, 0.717) is 12.2 Å². The SMILES string of the molecule is O=C(Cc1ccccn1)N1CC(=O)N2[C@H](C1)[C@@H](c1ccc(-c3ccccc3)cc1)[C@@H]2CO. The van der Waals surface area contributed by atoms with Crippen molar-refractivity contribution in [3.05, 3.63) is 90.3 Å². The van der Waals surface area contributed by atoms with Crippen molar-refractivity contribution in [2.45, 2.75) is 24.4 Å². The summed E-state index contributed by atoms with van der Waals surface area (Å²) in [5.74, 6) is -0.201. The van der Waals surface area contributed by atoms with Crippen LogP contribution in [0.15, 0.2) is 79.0 Å². The number of nitrogens with zero attached hydrogens (tertiary/aromatic N) is 3. The molecule has 2 aromatic carbocycles. The van der Waals surface area contributed by atoms with Gasteiger partial charge in [-0.3, -0.25) is 14.6 Å². The Hall–Kier alpha value is -3.51. The molecule has 2 aliphatic heterocycles. The number of carbonyl (C=O) groups is 2. The van der Waals surface area contributed by atoms with Crippen LogP contribution in [-0.2, 0) is 16.0 Å². The topological polar surface area (TPSA) is 73.7 Å². The number of aliphatic hydroxyl groups excluding tert-OH is 1. The van der Waals surface area contributed by atoms with Crippen molar-refractivity contribution in [2.24, 2.45) is 0 Å². The molecule has 0 spiro atoms. The molecular weight excluding hydrogens is 402 g/mol. The number of rotatable bonds is 5. The first-order valence-electron chi connectivity index (χ1n) is 10.9. The van der Waals surface area contributed by atoms with Crippen molar-refractivity contribution in [3.8, 4) is 11.1 Å². The lowest BCUT2D eigenvalue weighted by Gasteiger charge is -2.58. The largest absolute Gasteiger partial charge is 0.394 e. The highest BCUT2D eigenvalue weighted by molar-refractivity contribution is 5.88. The Labute approximate surface area is 187 Å². The number of hydrogen-bond acceptors (Lipinski definition) is 4. The first kappa shape index (κ1) is 20.4. The minimum Gasteiger partial charge on any atom is -0.394 e. The maximum absolute atomic E-state index is 12.9. The zero-order valence-corrected chi connectivity index (χ0v) is 17.7. The van der Waals surface area contributed by atoms with E-state index >= 15 is 0 Å². The number of amides is 2. The Morgan fingerprint density at radius 1 is 0.969 bits per heavy atom. The first-order valence-corrected chi connectivity index (χ1v) is 10.9. The number of benzene rings is 2. The molecule has 1 N–H and O–H groups in total. The molecule has 32 heavy (non-hydrogen) atoms. The van der Waals surface area contributed by atoms with E-state index in [1.165, 1.54) is 0 Å². The summed E-state index contributed by atoms with van der Waals surface area (Å²) in [6.07, 6.45) is 1.85. The lowest BCUT2D eigenvalue weighted by atomic mass is 9.73. The van der Waals surface area contributed by atoms with Gasteiger partial charge in [0.1, 0.15) is 0 Å². The smallest absolute Gasteiger partial charge is 0.242 e. The summed E-state index contributed by atoms with van der Waals surface area (Å²) in [7, 11) is 0. The van der Waals surface area contributed by atoms with Gasteiger partial charge in [0, 0.05) is 24.4 Å². The summed E-state index contributed by atoms with van der Waals surface area (Å²) in [4.78, 5) is 33.3. The quantitative estimate of drug-likeness (QED) is 0.679. The second-order valence-electron chi connectivity index (χ2n) is 8.40. The van der Waals surface area contributed by atoms with Gasteiger partial charge in [0.05, 0.1) is 31.7 Å². The number of aromatic nitrogens is 1. The van der Waals surface area contributed by atoms with E-state index in [4.69, 9.17) is 0 Å². The summed E-state index contributed by atoms with van der Waals surface area (Å²) >= 11 is 0. The normalized spacial score (nSPS) is 22.3. The average Bonchev–Trinajstić information content (AvgIpc) is 2.82. The van der Waals surface area contributed by atoms with Gasteiger partial charge in [0.2, 0.25) is 11.8 Å². The van der Waals surface area contributed by atoms with Crippen LogP contribution in [0.25, 0.3) is 11.1 Å². The molecule has 0 radical (unpaired) electrons. The molecule has 0 bridgehead atoms. The van der Waals surface area contributed by atoms with Crippen molar-refractivity contribution in [1.29, 1.82) is 0 Å². The highest BCUT2D eigenvalue weighted by Crippen LogP contribution is 2.43. The van der Waals surface area contributed by atoms with Gasteiger partial charge < -0.3 is 14.9 Å². The summed E-state index contributed by atoms with van der Waals surface area (Å²) < 4.78 is 0. The first-order chi connectivity index (χ1) is 15.7. The van der Waals surface area contributed by atoms with E-state index in [1.54, 1.807) is 16.0 Å². The number of piperazine rings is 1. The predicted octanol–water partition coefficient (Wildman–Crippen LogP) is 2.49. The molecule has 2 amide bonds. The van der Waals surface area contributed by atoms with E-state index in [9.17, 15) is 14.7 Å². The number of pyridine rings is 1. The molecule has 6 heteroatoms. The van der Waals surface area contributed by atoms with Crippen molar-refractivity contribution in [1.82, 2.24) is 14.8 Å². The van der Waals surface area contributed by atoms with Crippen LogP contribution in [0, 0.1) is 0 Å². The van der Waals surface area contributed by atoms with E-state index < -0.39 is 0 Å². The number of aliphatic hydroxyl groups is 1. The molecule has 2 fully saturated rings. The zero-order chi connectivity index (χ0) is 22.1. The second-order valence-corrected chi connectivity index (χ2v) is 8.40. The molecule has 0 saturated carbocycles. The average molecular weight is 428 g/mol. The molecule has 3 heterocycles. The van der Waals surface area contributed by atoms with Crippen LogP contribution >= 0.6 is 0 Å². The van der Waals surface area contributed by atoms with Crippen molar-refractivity contribution < 1.29 is 14.7 Å². The fraction of sp³-hybridized carbons (Fsp3) is 0.269. The van der Waals surface area contributed by atoms with Crippen molar-refractivity contribution >= 4 is 11.8 Å². The predicted molar refractivity (Wildman–Crippen MR) is 121 cm³/mol. The molecule has 0 unspecified atom stereocenters. The highest BCUT2D eigenvalue weighted by Gasteiger charge is 2.54. The van der Waals surface area contributed by atoms with Gasteiger partial charge in [-0.05, 0) is 28.8 Å². The minimum absolute atomic E-state index is 0.000719. The molecule has 6 nitrogen and oxygen atoms in total. The molecule has 3 aromatic rings. The summed E-state index contributed by atoms with van der Waals surface area (Å²) in [6, 6.07) is 23.6. The van der Waals surface area contributed by atoms with Crippen LogP contribution in [-0.4, -0.2) is 63.5 Å². The monoisotopic (exact) mass is 427 g/mol. The molecule has 3 atom stereocenters. The zero-order valence-electron chi connectivity index (χ0n) is 17.7. The van der Waals surface area contributed by atoms with Crippen LogP contribution in [0.2, 0.25) is 0 Å². The van der Waals surface area contributed by atoms with Crippen LogP contribution in [0.3, 0.4) is 0 Å². The van der Waals surface area contributed by atoms with Gasteiger partial charge in [-0.25, -0.2) is 0 Å². The Bertz CT molecular complexity index is 1100. The molecule has 162 valence electrons. The summed E-state index contributed by atoms with van der Waals surface area (Å²) in [5.41, 5.74) is 4.05. The molecule has 5 rings (SSSR count). The Kier molecular flexibility index (Phi) is 5.45. The van der Waals surface area contributed by atoms with E-state index in [0.717, 1.165) is 16.7 Å². The third-order valence-corrected chi connectivity index (χ3v) is 6.57. The summed E-state index contributed by atoms with van der Waals surface area (Å²) in [6.45, 7) is 0.437. The number of hydrogen-bond donors (Lipinski definition) is 1. The lowest BCUT2D eigenvalue weighted by Crippen LogP contribution is -2.73. The minimum atomic E-state index is -0.247. The maximum Gasteiger partial charge on any atom is 0.242 e. The van der Waals surface area contributed by atoms with Crippen LogP contribution in [0.5, 0.6) is 0 Å². The van der Waals surface area contributed by atoms with Crippen LogP contribution in [0.1, 0.15) is 17.2 Å². The molecule has 1 aromatic heterocycles. The second kappa shape index (κ2) is 8.55. The third-order valence-electron chi connectivity index (χ3n) is 6.57. The fourth-order valence-corrected chi connectivity index (χ4v) is 4.99. The number of carbonyl (C=O) groups excluding carboxylic acids is 2. The highest BCUT2D eigenvalue weighted by atomic mass is 16.3. The van der Waals surface area contributed by atoms with Crippen molar-refractivity contribution in [3.63, 3.8) is 0 Å². The van der Waals surface area contributed by atoms with E-state index in [-0.39, 0.29) is 49.4 Å². The van der Waals surface area contributed by atoms with Gasteiger partial charge in [-0.1, -0.05) is 60.7 Å². The van der Waals surface area contributed by atoms with Gasteiger partial charge in [0.25, 0.3) is 0 Å².